The Morgan fingerprint density at radius 1 is 0.800 bits per heavy atom. The summed E-state index contributed by atoms with van der Waals surface area (Å²) < 4.78 is 26.7. The van der Waals surface area contributed by atoms with E-state index in [0.717, 1.165) is 12.8 Å². The van der Waals surface area contributed by atoms with Crippen LogP contribution < -0.4 is 0 Å². The Kier molecular flexibility index (Phi) is 10.7. The highest BCUT2D eigenvalue weighted by Crippen LogP contribution is 2.52. The number of phosphoric acid groups is 1. The lowest BCUT2D eigenvalue weighted by atomic mass is 10.1. The maximum atomic E-state index is 11.6. The van der Waals surface area contributed by atoms with Crippen LogP contribution in [-0.2, 0) is 18.1 Å². The molecule has 120 valence electrons. The molecule has 0 aliphatic carbocycles. The number of rotatable bonds is 13. The quantitative estimate of drug-likeness (QED) is 0.334. The van der Waals surface area contributed by atoms with Gasteiger partial charge in [-0.1, -0.05) is 71.1 Å². The summed E-state index contributed by atoms with van der Waals surface area (Å²) in [4.78, 5) is 0. The lowest BCUT2D eigenvalue weighted by molar-refractivity contribution is 0.187. The Morgan fingerprint density at radius 2 is 1.25 bits per heavy atom. The van der Waals surface area contributed by atoms with E-state index in [1.807, 2.05) is 0 Å². The Hall–Kier alpha value is 0.110. The second-order valence-electron chi connectivity index (χ2n) is 5.48. The monoisotopic (exact) mass is 306 g/mol. The molecule has 0 spiro atoms. The molecule has 0 aromatic rings. The van der Waals surface area contributed by atoms with Crippen LogP contribution in [0.2, 0.25) is 0 Å². The van der Waals surface area contributed by atoms with Crippen LogP contribution in [0.15, 0.2) is 0 Å². The number of hydrogen-bond acceptors (Lipinski definition) is 4. The molecule has 1 fully saturated rings. The van der Waals surface area contributed by atoms with Crippen LogP contribution in [0.25, 0.3) is 0 Å². The predicted molar refractivity (Wildman–Crippen MR) is 81.9 cm³/mol. The minimum atomic E-state index is -3.15. The van der Waals surface area contributed by atoms with Crippen molar-refractivity contribution in [3.8, 4) is 0 Å². The van der Waals surface area contributed by atoms with Crippen molar-refractivity contribution in [2.24, 2.45) is 0 Å². The van der Waals surface area contributed by atoms with Gasteiger partial charge in [0.15, 0.2) is 0 Å². The van der Waals surface area contributed by atoms with Gasteiger partial charge in [-0.15, -0.1) is 0 Å². The topological polar surface area (TPSA) is 44.8 Å². The summed E-state index contributed by atoms with van der Waals surface area (Å²) in [6, 6.07) is 0. The van der Waals surface area contributed by atoms with E-state index in [9.17, 15) is 4.57 Å². The van der Waals surface area contributed by atoms with Crippen molar-refractivity contribution in [3.05, 3.63) is 0 Å². The Labute approximate surface area is 124 Å². The van der Waals surface area contributed by atoms with E-state index in [4.69, 9.17) is 13.6 Å². The molecule has 1 aliphatic heterocycles. The van der Waals surface area contributed by atoms with Crippen molar-refractivity contribution in [2.45, 2.75) is 77.6 Å². The fourth-order valence-electron chi connectivity index (χ4n) is 2.35. The van der Waals surface area contributed by atoms with Crippen molar-refractivity contribution in [3.63, 3.8) is 0 Å². The fourth-order valence-corrected chi connectivity index (χ4v) is 3.53. The van der Waals surface area contributed by atoms with Gasteiger partial charge in [0.2, 0.25) is 0 Å². The van der Waals surface area contributed by atoms with E-state index in [1.165, 1.54) is 57.8 Å². The minimum Gasteiger partial charge on any atom is -0.287 e. The standard InChI is InChI=1S/C15H31O4P/c1-2-3-4-5-6-7-8-9-10-11-12-13-17-20(16)18-14-15-19-20/h2-15H2,1H3. The van der Waals surface area contributed by atoms with Crippen LogP contribution in [0.1, 0.15) is 77.6 Å². The van der Waals surface area contributed by atoms with Crippen LogP contribution in [0, 0.1) is 0 Å². The summed E-state index contributed by atoms with van der Waals surface area (Å²) in [5, 5.41) is 0. The van der Waals surface area contributed by atoms with Gasteiger partial charge in [-0.25, -0.2) is 4.57 Å². The minimum absolute atomic E-state index is 0.384. The molecule has 1 heterocycles. The van der Waals surface area contributed by atoms with Crippen LogP contribution in [-0.4, -0.2) is 19.8 Å². The van der Waals surface area contributed by atoms with Gasteiger partial charge in [-0.05, 0) is 6.42 Å². The van der Waals surface area contributed by atoms with E-state index >= 15 is 0 Å². The molecule has 1 saturated heterocycles. The zero-order valence-electron chi connectivity index (χ0n) is 13.0. The molecule has 0 radical (unpaired) electrons. The largest absolute Gasteiger partial charge is 0.474 e. The van der Waals surface area contributed by atoms with Crippen LogP contribution in [0.3, 0.4) is 0 Å². The summed E-state index contributed by atoms with van der Waals surface area (Å²) in [6.45, 7) is 3.50. The molecule has 0 saturated carbocycles. The highest BCUT2D eigenvalue weighted by Gasteiger charge is 2.31. The third kappa shape index (κ3) is 9.12. The molecule has 0 aromatic heterocycles. The molecule has 0 aromatic carbocycles. The third-order valence-corrected chi connectivity index (χ3v) is 5.08. The van der Waals surface area contributed by atoms with Crippen LogP contribution >= 0.6 is 7.82 Å². The molecule has 0 amide bonds. The van der Waals surface area contributed by atoms with Gasteiger partial charge in [-0.2, -0.15) is 0 Å². The first-order valence-corrected chi connectivity index (χ1v) is 9.76. The van der Waals surface area contributed by atoms with Crippen molar-refractivity contribution in [2.75, 3.05) is 19.8 Å². The number of hydrogen-bond donors (Lipinski definition) is 0. The molecule has 1 aliphatic rings. The Bertz CT molecular complexity index is 261. The van der Waals surface area contributed by atoms with E-state index in [1.54, 1.807) is 0 Å². The molecule has 5 heteroatoms. The van der Waals surface area contributed by atoms with E-state index in [0.29, 0.717) is 19.8 Å². The zero-order chi connectivity index (χ0) is 14.5. The average Bonchev–Trinajstić information content (AvgIpc) is 2.87. The van der Waals surface area contributed by atoms with Gasteiger partial charge >= 0.3 is 7.82 Å². The molecular weight excluding hydrogens is 275 g/mol. The third-order valence-electron chi connectivity index (χ3n) is 3.58. The zero-order valence-corrected chi connectivity index (χ0v) is 13.9. The smallest absolute Gasteiger partial charge is 0.287 e. The molecule has 20 heavy (non-hydrogen) atoms. The fraction of sp³-hybridized carbons (Fsp3) is 1.00. The first-order chi connectivity index (χ1) is 9.77. The molecule has 0 bridgehead atoms. The highest BCUT2D eigenvalue weighted by atomic mass is 31.2. The Morgan fingerprint density at radius 3 is 1.75 bits per heavy atom. The van der Waals surface area contributed by atoms with Crippen molar-refractivity contribution < 1.29 is 18.1 Å². The molecular formula is C15H31O4P. The van der Waals surface area contributed by atoms with Gasteiger partial charge in [-0.3, -0.25) is 13.6 Å². The molecule has 1 rings (SSSR count). The lowest BCUT2D eigenvalue weighted by Crippen LogP contribution is -1.93. The van der Waals surface area contributed by atoms with Gasteiger partial charge in [0, 0.05) is 0 Å². The van der Waals surface area contributed by atoms with Crippen molar-refractivity contribution in [1.82, 2.24) is 0 Å². The van der Waals surface area contributed by atoms with E-state index in [2.05, 4.69) is 6.92 Å². The first kappa shape index (κ1) is 18.2. The number of unbranched alkanes of at least 4 members (excludes halogenated alkanes) is 10. The second kappa shape index (κ2) is 11.7. The lowest BCUT2D eigenvalue weighted by Gasteiger charge is -2.09. The van der Waals surface area contributed by atoms with Gasteiger partial charge < -0.3 is 0 Å². The predicted octanol–water partition coefficient (Wildman–Crippen LogP) is 5.47. The van der Waals surface area contributed by atoms with Crippen LogP contribution in [0.5, 0.6) is 0 Å². The maximum Gasteiger partial charge on any atom is 0.474 e. The van der Waals surface area contributed by atoms with E-state index < -0.39 is 7.82 Å². The summed E-state index contributed by atoms with van der Waals surface area (Å²) in [5.74, 6) is 0. The van der Waals surface area contributed by atoms with Crippen LogP contribution in [0.4, 0.5) is 0 Å². The summed E-state index contributed by atoms with van der Waals surface area (Å²) in [6.07, 6.45) is 14.2. The SMILES string of the molecule is CCCCCCCCCCCCCOP1(=O)OCCO1. The van der Waals surface area contributed by atoms with Gasteiger partial charge in [0.1, 0.15) is 0 Å². The average molecular weight is 306 g/mol. The summed E-state index contributed by atoms with van der Waals surface area (Å²) in [7, 11) is -3.15. The second-order valence-corrected chi connectivity index (χ2v) is 7.15. The number of phosphoric ester groups is 1. The normalized spacial score (nSPS) is 17.6. The summed E-state index contributed by atoms with van der Waals surface area (Å²) in [5.41, 5.74) is 0. The summed E-state index contributed by atoms with van der Waals surface area (Å²) >= 11 is 0. The van der Waals surface area contributed by atoms with Gasteiger partial charge in [0.25, 0.3) is 0 Å². The maximum absolute atomic E-state index is 11.6. The molecule has 0 N–H and O–H groups in total. The Balaban J connectivity index is 1.75. The van der Waals surface area contributed by atoms with Crippen molar-refractivity contribution in [1.29, 1.82) is 0 Å². The molecule has 4 nitrogen and oxygen atoms in total. The molecule has 0 unspecified atom stereocenters. The van der Waals surface area contributed by atoms with Crippen molar-refractivity contribution >= 4 is 7.82 Å². The first-order valence-electron chi connectivity index (χ1n) is 8.30. The highest BCUT2D eigenvalue weighted by molar-refractivity contribution is 7.48. The molecule has 0 atom stereocenters. The van der Waals surface area contributed by atoms with E-state index in [-0.39, 0.29) is 0 Å². The van der Waals surface area contributed by atoms with Gasteiger partial charge in [0.05, 0.1) is 19.8 Å².